The molecule has 0 aliphatic carbocycles. The molecule has 0 aliphatic rings. The van der Waals surface area contributed by atoms with Gasteiger partial charge in [-0.2, -0.15) is 0 Å². The SMILES string of the molecule is C=C(C=O)Cc1ccc(C)cc1OC. The molecular formula is C12H14O2. The molecule has 0 heterocycles. The second-order valence-corrected chi connectivity index (χ2v) is 3.27. The molecule has 0 aliphatic heterocycles. The minimum Gasteiger partial charge on any atom is -0.496 e. The topological polar surface area (TPSA) is 26.3 Å². The molecule has 1 aromatic carbocycles. The van der Waals surface area contributed by atoms with Crippen LogP contribution in [0.1, 0.15) is 11.1 Å². The molecule has 0 N–H and O–H groups in total. The third-order valence-electron chi connectivity index (χ3n) is 2.03. The van der Waals surface area contributed by atoms with Crippen LogP contribution in [0.2, 0.25) is 0 Å². The number of aldehydes is 1. The van der Waals surface area contributed by atoms with Crippen LogP contribution in [-0.4, -0.2) is 13.4 Å². The number of carbonyl (C=O) groups excluding carboxylic acids is 1. The Bertz CT molecular complexity index is 353. The predicted molar refractivity (Wildman–Crippen MR) is 56.6 cm³/mol. The van der Waals surface area contributed by atoms with Crippen molar-refractivity contribution in [3.63, 3.8) is 0 Å². The van der Waals surface area contributed by atoms with Gasteiger partial charge in [-0.25, -0.2) is 0 Å². The molecule has 1 aromatic rings. The van der Waals surface area contributed by atoms with Crippen LogP contribution >= 0.6 is 0 Å². The number of methoxy groups -OCH3 is 1. The fourth-order valence-corrected chi connectivity index (χ4v) is 1.28. The zero-order chi connectivity index (χ0) is 10.6. The average molecular weight is 190 g/mol. The summed E-state index contributed by atoms with van der Waals surface area (Å²) in [6.45, 7) is 5.64. The lowest BCUT2D eigenvalue weighted by Gasteiger charge is -2.08. The number of benzene rings is 1. The second-order valence-electron chi connectivity index (χ2n) is 3.27. The number of ether oxygens (including phenoxy) is 1. The maximum absolute atomic E-state index is 10.4. The van der Waals surface area contributed by atoms with Gasteiger partial charge in [0.05, 0.1) is 7.11 Å². The summed E-state index contributed by atoms with van der Waals surface area (Å²) in [6, 6.07) is 5.91. The van der Waals surface area contributed by atoms with Gasteiger partial charge in [0.25, 0.3) is 0 Å². The van der Waals surface area contributed by atoms with Crippen molar-refractivity contribution >= 4 is 6.29 Å². The zero-order valence-corrected chi connectivity index (χ0v) is 8.54. The summed E-state index contributed by atoms with van der Waals surface area (Å²) in [4.78, 5) is 10.4. The normalized spacial score (nSPS) is 9.57. The highest BCUT2D eigenvalue weighted by Crippen LogP contribution is 2.21. The Labute approximate surface area is 84.2 Å². The van der Waals surface area contributed by atoms with Gasteiger partial charge in [0, 0.05) is 6.42 Å². The summed E-state index contributed by atoms with van der Waals surface area (Å²) in [5.41, 5.74) is 2.70. The van der Waals surface area contributed by atoms with E-state index in [1.807, 2.05) is 25.1 Å². The van der Waals surface area contributed by atoms with E-state index in [9.17, 15) is 4.79 Å². The van der Waals surface area contributed by atoms with Crippen molar-refractivity contribution < 1.29 is 9.53 Å². The second kappa shape index (κ2) is 4.61. The van der Waals surface area contributed by atoms with Gasteiger partial charge in [-0.05, 0) is 29.7 Å². The quantitative estimate of drug-likeness (QED) is 0.538. The van der Waals surface area contributed by atoms with E-state index in [1.54, 1.807) is 7.11 Å². The average Bonchev–Trinajstić information content (AvgIpc) is 2.20. The Kier molecular flexibility index (Phi) is 3.46. The van der Waals surface area contributed by atoms with Crippen LogP contribution in [0, 0.1) is 6.92 Å². The standard InChI is InChI=1S/C12H14O2/c1-9-4-5-11(6-10(2)8-13)12(7-9)14-3/h4-5,7-8H,2,6H2,1,3H3. The highest BCUT2D eigenvalue weighted by atomic mass is 16.5. The molecule has 74 valence electrons. The Morgan fingerprint density at radius 1 is 1.57 bits per heavy atom. The van der Waals surface area contributed by atoms with E-state index >= 15 is 0 Å². The smallest absolute Gasteiger partial charge is 0.145 e. The number of rotatable bonds is 4. The lowest BCUT2D eigenvalue weighted by atomic mass is 10.0. The summed E-state index contributed by atoms with van der Waals surface area (Å²) in [7, 11) is 1.63. The third-order valence-corrected chi connectivity index (χ3v) is 2.03. The monoisotopic (exact) mass is 190 g/mol. The lowest BCUT2D eigenvalue weighted by Crippen LogP contribution is -1.95. The van der Waals surface area contributed by atoms with E-state index < -0.39 is 0 Å². The van der Waals surface area contributed by atoms with Crippen LogP contribution < -0.4 is 4.74 Å². The van der Waals surface area contributed by atoms with Crippen molar-refractivity contribution in [1.29, 1.82) is 0 Å². The van der Waals surface area contributed by atoms with E-state index in [0.717, 1.165) is 23.2 Å². The molecule has 2 nitrogen and oxygen atoms in total. The molecule has 0 bridgehead atoms. The van der Waals surface area contributed by atoms with Crippen molar-refractivity contribution in [1.82, 2.24) is 0 Å². The minimum absolute atomic E-state index is 0.549. The van der Waals surface area contributed by atoms with Gasteiger partial charge in [-0.3, -0.25) is 4.79 Å². The van der Waals surface area contributed by atoms with E-state index in [-0.39, 0.29) is 0 Å². The molecule has 1 rings (SSSR count). The highest BCUT2D eigenvalue weighted by molar-refractivity contribution is 5.73. The first-order chi connectivity index (χ1) is 6.67. The summed E-state index contributed by atoms with van der Waals surface area (Å²) < 4.78 is 5.21. The summed E-state index contributed by atoms with van der Waals surface area (Å²) >= 11 is 0. The minimum atomic E-state index is 0.549. The van der Waals surface area contributed by atoms with Gasteiger partial charge in [-0.15, -0.1) is 0 Å². The molecule has 0 amide bonds. The van der Waals surface area contributed by atoms with Crippen LogP contribution in [0.3, 0.4) is 0 Å². The molecule has 14 heavy (non-hydrogen) atoms. The van der Waals surface area contributed by atoms with Gasteiger partial charge in [0.1, 0.15) is 12.0 Å². The van der Waals surface area contributed by atoms with Crippen molar-refractivity contribution in [2.24, 2.45) is 0 Å². The van der Waals surface area contributed by atoms with Crippen molar-refractivity contribution in [3.05, 3.63) is 41.5 Å². The van der Waals surface area contributed by atoms with Crippen LogP contribution in [0.5, 0.6) is 5.75 Å². The Hall–Kier alpha value is -1.57. The molecule has 0 radical (unpaired) electrons. The summed E-state index contributed by atoms with van der Waals surface area (Å²) in [5.74, 6) is 0.813. The summed E-state index contributed by atoms with van der Waals surface area (Å²) in [6.07, 6.45) is 1.33. The van der Waals surface area contributed by atoms with Gasteiger partial charge in [-0.1, -0.05) is 18.7 Å². The van der Waals surface area contributed by atoms with Gasteiger partial charge in [0.15, 0.2) is 0 Å². The number of hydrogen-bond acceptors (Lipinski definition) is 2. The van der Waals surface area contributed by atoms with E-state index in [4.69, 9.17) is 4.74 Å². The van der Waals surface area contributed by atoms with E-state index in [0.29, 0.717) is 12.0 Å². The van der Waals surface area contributed by atoms with Gasteiger partial charge >= 0.3 is 0 Å². The molecule has 0 fully saturated rings. The Morgan fingerprint density at radius 3 is 2.86 bits per heavy atom. The lowest BCUT2D eigenvalue weighted by molar-refractivity contribution is -0.104. The maximum Gasteiger partial charge on any atom is 0.145 e. The number of carbonyl (C=O) groups is 1. The van der Waals surface area contributed by atoms with Crippen LogP contribution in [0.25, 0.3) is 0 Å². The Balaban J connectivity index is 2.96. The Morgan fingerprint density at radius 2 is 2.29 bits per heavy atom. The third kappa shape index (κ3) is 2.46. The largest absolute Gasteiger partial charge is 0.496 e. The summed E-state index contributed by atoms with van der Waals surface area (Å²) in [5, 5.41) is 0. The molecule has 0 atom stereocenters. The van der Waals surface area contributed by atoms with E-state index in [2.05, 4.69) is 6.58 Å². The number of allylic oxidation sites excluding steroid dienone is 1. The van der Waals surface area contributed by atoms with Crippen LogP contribution in [0.4, 0.5) is 0 Å². The molecule has 2 heteroatoms. The molecule has 0 unspecified atom stereocenters. The van der Waals surface area contributed by atoms with Crippen molar-refractivity contribution in [2.45, 2.75) is 13.3 Å². The van der Waals surface area contributed by atoms with Crippen molar-refractivity contribution in [3.8, 4) is 5.75 Å². The fraction of sp³-hybridized carbons (Fsp3) is 0.250. The first kappa shape index (κ1) is 10.5. The molecular weight excluding hydrogens is 176 g/mol. The molecule has 0 saturated carbocycles. The van der Waals surface area contributed by atoms with Gasteiger partial charge < -0.3 is 4.74 Å². The molecule has 0 saturated heterocycles. The molecule has 0 spiro atoms. The fourth-order valence-electron chi connectivity index (χ4n) is 1.28. The highest BCUT2D eigenvalue weighted by Gasteiger charge is 2.04. The van der Waals surface area contributed by atoms with Crippen LogP contribution in [0.15, 0.2) is 30.4 Å². The van der Waals surface area contributed by atoms with Crippen LogP contribution in [-0.2, 0) is 11.2 Å². The number of hydrogen-bond donors (Lipinski definition) is 0. The maximum atomic E-state index is 10.4. The van der Waals surface area contributed by atoms with Gasteiger partial charge in [0.2, 0.25) is 0 Å². The first-order valence-electron chi connectivity index (χ1n) is 4.44. The van der Waals surface area contributed by atoms with Crippen molar-refractivity contribution in [2.75, 3.05) is 7.11 Å². The predicted octanol–water partition coefficient (Wildman–Crippen LogP) is 2.30. The zero-order valence-electron chi connectivity index (χ0n) is 8.54. The van der Waals surface area contributed by atoms with E-state index in [1.165, 1.54) is 0 Å². The molecule has 0 aromatic heterocycles. The number of aryl methyl sites for hydroxylation is 1. The first-order valence-corrected chi connectivity index (χ1v) is 4.44.